The van der Waals surface area contributed by atoms with Crippen LogP contribution in [-0.2, 0) is 19.1 Å². The van der Waals surface area contributed by atoms with E-state index in [-0.39, 0.29) is 38.1 Å². The summed E-state index contributed by atoms with van der Waals surface area (Å²) in [6, 6.07) is 16.4. The molecule has 2 aliphatic heterocycles. The summed E-state index contributed by atoms with van der Waals surface area (Å²) in [5.74, 6) is 0.225. The van der Waals surface area contributed by atoms with Crippen molar-refractivity contribution < 1.29 is 28.5 Å². The minimum Gasteiger partial charge on any atom is -0.480 e. The largest absolute Gasteiger partial charge is 0.480 e. The summed E-state index contributed by atoms with van der Waals surface area (Å²) in [5, 5.41) is 5.60. The maximum atomic E-state index is 12.2. The van der Waals surface area contributed by atoms with Crippen LogP contribution in [0.2, 0.25) is 0 Å². The van der Waals surface area contributed by atoms with Gasteiger partial charge in [-0.2, -0.15) is 0 Å². The van der Waals surface area contributed by atoms with E-state index in [1.165, 1.54) is 0 Å². The van der Waals surface area contributed by atoms with E-state index in [1.54, 1.807) is 24.3 Å². The highest BCUT2D eigenvalue weighted by Crippen LogP contribution is 2.31. The fourth-order valence-electron chi connectivity index (χ4n) is 3.16. The van der Waals surface area contributed by atoms with Gasteiger partial charge in [0.05, 0.1) is 0 Å². The van der Waals surface area contributed by atoms with Gasteiger partial charge in [-0.1, -0.05) is 42.5 Å². The molecule has 0 aromatic heterocycles. The van der Waals surface area contributed by atoms with Crippen molar-refractivity contribution in [1.29, 1.82) is 0 Å². The summed E-state index contributed by atoms with van der Waals surface area (Å²) in [5.41, 5.74) is 0.873. The molecular weight excluding hydrogens is 376 g/mol. The van der Waals surface area contributed by atoms with Crippen LogP contribution >= 0.6 is 0 Å². The molecular formula is C21H22N2O6. The molecule has 0 aliphatic carbocycles. The summed E-state index contributed by atoms with van der Waals surface area (Å²) < 4.78 is 23.1. The predicted molar refractivity (Wildman–Crippen MR) is 102 cm³/mol. The Kier molecular flexibility index (Phi) is 5.92. The minimum absolute atomic E-state index is 0.174. The van der Waals surface area contributed by atoms with Gasteiger partial charge < -0.3 is 29.6 Å². The first kappa shape index (κ1) is 19.2. The van der Waals surface area contributed by atoms with Gasteiger partial charge in [0.1, 0.15) is 12.2 Å². The molecule has 2 aliphatic rings. The summed E-state index contributed by atoms with van der Waals surface area (Å²) in [6.07, 6.45) is -1.39. The first-order chi connectivity index (χ1) is 14.2. The zero-order valence-electron chi connectivity index (χ0n) is 15.7. The number of benzene rings is 2. The van der Waals surface area contributed by atoms with Gasteiger partial charge in [-0.25, -0.2) is 0 Å². The van der Waals surface area contributed by atoms with Crippen LogP contribution in [0.25, 0.3) is 0 Å². The van der Waals surface area contributed by atoms with Gasteiger partial charge in [0.25, 0.3) is 11.8 Å². The van der Waals surface area contributed by atoms with Crippen molar-refractivity contribution in [2.24, 2.45) is 0 Å². The Bertz CT molecular complexity index is 808. The Morgan fingerprint density at radius 1 is 0.690 bits per heavy atom. The second-order valence-corrected chi connectivity index (χ2v) is 6.72. The maximum Gasteiger partial charge on any atom is 0.258 e. The highest BCUT2D eigenvalue weighted by molar-refractivity contribution is 5.78. The summed E-state index contributed by atoms with van der Waals surface area (Å²) in [7, 11) is 0. The van der Waals surface area contributed by atoms with Crippen LogP contribution < -0.4 is 20.1 Å². The van der Waals surface area contributed by atoms with Crippen LogP contribution in [0.15, 0.2) is 54.6 Å². The van der Waals surface area contributed by atoms with Crippen LogP contribution in [0, 0.1) is 0 Å². The van der Waals surface area contributed by atoms with Crippen LogP contribution in [0.3, 0.4) is 0 Å². The quantitative estimate of drug-likeness (QED) is 0.749. The fraction of sp³-hybridized carbons (Fsp3) is 0.333. The van der Waals surface area contributed by atoms with Crippen molar-refractivity contribution in [3.8, 4) is 11.5 Å². The highest BCUT2D eigenvalue weighted by Gasteiger charge is 2.37. The number of hydrogen-bond donors (Lipinski definition) is 2. The van der Waals surface area contributed by atoms with Gasteiger partial charge in [-0.3, -0.25) is 9.59 Å². The monoisotopic (exact) mass is 398 g/mol. The molecule has 2 atom stereocenters. The molecule has 29 heavy (non-hydrogen) atoms. The Morgan fingerprint density at radius 3 is 1.69 bits per heavy atom. The lowest BCUT2D eigenvalue weighted by molar-refractivity contribution is -0.125. The molecule has 2 aromatic carbocycles. The predicted octanol–water partition coefficient (Wildman–Crippen LogP) is 1.17. The smallest absolute Gasteiger partial charge is 0.258 e. The van der Waals surface area contributed by atoms with E-state index in [1.807, 2.05) is 30.3 Å². The third kappa shape index (κ3) is 4.85. The molecule has 1 saturated heterocycles. The zero-order valence-corrected chi connectivity index (χ0v) is 15.7. The topological polar surface area (TPSA) is 95.1 Å². The van der Waals surface area contributed by atoms with E-state index in [4.69, 9.17) is 18.9 Å². The van der Waals surface area contributed by atoms with Gasteiger partial charge in [0, 0.05) is 18.7 Å². The van der Waals surface area contributed by atoms with Gasteiger partial charge in [-0.05, 0) is 12.1 Å². The Morgan fingerprint density at radius 2 is 1.17 bits per heavy atom. The number of ether oxygens (including phenoxy) is 4. The van der Waals surface area contributed by atoms with Crippen LogP contribution in [0.4, 0.5) is 0 Å². The molecule has 2 N–H and O–H groups in total. The molecule has 8 heteroatoms. The second-order valence-electron chi connectivity index (χ2n) is 6.72. The molecule has 0 saturated carbocycles. The molecule has 0 bridgehead atoms. The molecule has 2 heterocycles. The molecule has 152 valence electrons. The number of fused-ring (bicyclic) bond motifs is 2. The normalized spacial score (nSPS) is 23.4. The molecule has 0 radical (unpaired) electrons. The first-order valence-electron chi connectivity index (χ1n) is 9.43. The molecule has 1 fully saturated rings. The molecule has 2 aromatic rings. The highest BCUT2D eigenvalue weighted by atomic mass is 16.7. The van der Waals surface area contributed by atoms with Crippen molar-refractivity contribution >= 4 is 11.8 Å². The number of hydrogen-bond acceptors (Lipinski definition) is 6. The number of para-hydroxylation sites is 2. The number of carbonyl (C=O) groups is 2. The van der Waals surface area contributed by atoms with Crippen LogP contribution in [0.5, 0.6) is 11.5 Å². The van der Waals surface area contributed by atoms with E-state index in [0.717, 1.165) is 5.56 Å². The van der Waals surface area contributed by atoms with Crippen molar-refractivity contribution in [2.45, 2.75) is 18.5 Å². The summed E-state index contributed by atoms with van der Waals surface area (Å²) >= 11 is 0. The zero-order chi connectivity index (χ0) is 20.1. The number of rotatable bonds is 1. The average Bonchev–Trinajstić information content (AvgIpc) is 3.17. The van der Waals surface area contributed by atoms with Crippen molar-refractivity contribution in [3.05, 3.63) is 60.2 Å². The molecule has 0 spiro atoms. The van der Waals surface area contributed by atoms with Gasteiger partial charge in [0.15, 0.2) is 31.0 Å². The average molecular weight is 398 g/mol. The minimum atomic E-state index is -0.563. The summed E-state index contributed by atoms with van der Waals surface area (Å²) in [6.45, 7) is 0.133. The lowest BCUT2D eigenvalue weighted by Crippen LogP contribution is -2.45. The van der Waals surface area contributed by atoms with Crippen molar-refractivity contribution in [2.75, 3.05) is 26.3 Å². The molecule has 0 unspecified atom stereocenters. The molecule has 2 amide bonds. The van der Waals surface area contributed by atoms with Gasteiger partial charge in [0.2, 0.25) is 0 Å². The second kappa shape index (κ2) is 8.93. The maximum absolute atomic E-state index is 12.2. The van der Waals surface area contributed by atoms with Crippen LogP contribution in [0.1, 0.15) is 11.9 Å². The number of nitrogens with one attached hydrogen (secondary N) is 2. The number of carbonyl (C=O) groups excluding carboxylic acids is 2. The summed E-state index contributed by atoms with van der Waals surface area (Å²) in [4.78, 5) is 24.4. The van der Waals surface area contributed by atoms with E-state index < -0.39 is 18.5 Å². The Hall–Kier alpha value is -3.10. The van der Waals surface area contributed by atoms with E-state index in [2.05, 4.69) is 10.6 Å². The van der Waals surface area contributed by atoms with Crippen molar-refractivity contribution in [1.82, 2.24) is 10.6 Å². The third-order valence-electron chi connectivity index (χ3n) is 4.65. The molecule has 8 nitrogen and oxygen atoms in total. The van der Waals surface area contributed by atoms with E-state index in [0.29, 0.717) is 11.5 Å². The SMILES string of the molecule is O=C1COc2ccccc2OCC(=O)NC[C@@H]2OC(c3ccccc3)O[C@H]2CN1. The standard InChI is InChI=1S/C21H22N2O6/c24-19-12-26-15-8-4-5-9-16(15)27-13-20(25)23-11-18-17(10-22-19)28-21(29-18)14-6-2-1-3-7-14/h1-9,17-18,21H,10-13H2,(H,22,24)(H,23,25)/t17-,18-/m0/s1. The fourth-order valence-corrected chi connectivity index (χ4v) is 3.16. The Balaban J connectivity index is 1.47. The first-order valence-corrected chi connectivity index (χ1v) is 9.43. The van der Waals surface area contributed by atoms with Crippen LogP contribution in [-0.4, -0.2) is 50.3 Å². The van der Waals surface area contributed by atoms with E-state index in [9.17, 15) is 9.59 Å². The van der Waals surface area contributed by atoms with Crippen molar-refractivity contribution in [3.63, 3.8) is 0 Å². The lowest BCUT2D eigenvalue weighted by Gasteiger charge is -2.19. The lowest BCUT2D eigenvalue weighted by atomic mass is 10.2. The Labute approximate surface area is 168 Å². The van der Waals surface area contributed by atoms with E-state index >= 15 is 0 Å². The third-order valence-corrected chi connectivity index (χ3v) is 4.65. The van der Waals surface area contributed by atoms with Gasteiger partial charge >= 0.3 is 0 Å². The number of amides is 2. The van der Waals surface area contributed by atoms with Gasteiger partial charge in [-0.15, -0.1) is 0 Å². The molecule has 4 rings (SSSR count).